The van der Waals surface area contributed by atoms with Gasteiger partial charge in [0.1, 0.15) is 0 Å². The first-order valence-electron chi connectivity index (χ1n) is 9.49. The Kier molecular flexibility index (Phi) is 6.81. The molecule has 0 aliphatic carbocycles. The third kappa shape index (κ3) is 5.41. The van der Waals surface area contributed by atoms with Crippen molar-refractivity contribution in [2.45, 2.75) is 19.3 Å². The van der Waals surface area contributed by atoms with E-state index in [1.807, 2.05) is 0 Å². The Bertz CT molecular complexity index is 689. The van der Waals surface area contributed by atoms with Crippen LogP contribution in [0.2, 0.25) is 0 Å². The molecule has 138 valence electrons. The Balaban J connectivity index is 1.51. The molecule has 0 atom stereocenters. The zero-order chi connectivity index (χ0) is 18.2. The Morgan fingerprint density at radius 1 is 0.885 bits per heavy atom. The molecular weight excluding hydrogens is 322 g/mol. The Hall–Kier alpha value is -2.17. The second-order valence-corrected chi connectivity index (χ2v) is 7.12. The minimum Gasteiger partial charge on any atom is -0.411 e. The molecule has 3 rings (SSSR count). The van der Waals surface area contributed by atoms with Gasteiger partial charge in [-0.3, -0.25) is 0 Å². The summed E-state index contributed by atoms with van der Waals surface area (Å²) in [5, 5.41) is 13.0. The van der Waals surface area contributed by atoms with Gasteiger partial charge in [0.15, 0.2) is 0 Å². The van der Waals surface area contributed by atoms with Crippen molar-refractivity contribution < 1.29 is 5.21 Å². The quantitative estimate of drug-likeness (QED) is 0.473. The van der Waals surface area contributed by atoms with Crippen molar-refractivity contribution in [1.29, 1.82) is 0 Å². The summed E-state index contributed by atoms with van der Waals surface area (Å²) in [6, 6.07) is 19.0. The largest absolute Gasteiger partial charge is 0.411 e. The van der Waals surface area contributed by atoms with Gasteiger partial charge in [-0.1, -0.05) is 59.8 Å². The van der Waals surface area contributed by atoms with Crippen molar-refractivity contribution in [1.82, 2.24) is 9.80 Å². The summed E-state index contributed by atoms with van der Waals surface area (Å²) < 4.78 is 0. The normalized spacial score (nSPS) is 16.7. The van der Waals surface area contributed by atoms with Crippen LogP contribution in [-0.2, 0) is 12.8 Å². The second-order valence-electron chi connectivity index (χ2n) is 7.12. The average Bonchev–Trinajstić information content (AvgIpc) is 2.70. The number of oxime groups is 1. The number of rotatable bonds is 7. The number of piperazine rings is 1. The van der Waals surface area contributed by atoms with Crippen molar-refractivity contribution in [2.75, 3.05) is 39.8 Å². The summed E-state index contributed by atoms with van der Waals surface area (Å²) in [6.07, 6.45) is 2.85. The minimum absolute atomic E-state index is 0.776. The maximum Gasteiger partial charge on any atom is 0.0880 e. The van der Waals surface area contributed by atoms with Gasteiger partial charge in [0.25, 0.3) is 0 Å². The molecule has 4 nitrogen and oxygen atoms in total. The lowest BCUT2D eigenvalue weighted by molar-refractivity contribution is 0.157. The molecule has 26 heavy (non-hydrogen) atoms. The number of likely N-dealkylation sites (N-methyl/N-ethyl adjacent to an activating group) is 1. The fraction of sp³-hybridized carbons (Fsp3) is 0.409. The van der Waals surface area contributed by atoms with E-state index in [9.17, 15) is 5.21 Å². The standard InChI is InChI=1S/C22H29N3O/c1-24-15-17-25(18-16-24)14-13-22(23-26)21-11-9-20(10-12-21)8-7-19-5-3-2-4-6-19/h2-6,9-12,26H,7-8,13-18H2,1H3/b23-22-. The minimum atomic E-state index is 0.776. The first-order valence-corrected chi connectivity index (χ1v) is 9.49. The van der Waals surface area contributed by atoms with Gasteiger partial charge < -0.3 is 15.0 Å². The Morgan fingerprint density at radius 3 is 2.12 bits per heavy atom. The molecule has 1 saturated heterocycles. The fourth-order valence-corrected chi connectivity index (χ4v) is 3.38. The van der Waals surface area contributed by atoms with Gasteiger partial charge in [-0.2, -0.15) is 0 Å². The van der Waals surface area contributed by atoms with Crippen molar-refractivity contribution in [3.05, 3.63) is 71.3 Å². The van der Waals surface area contributed by atoms with E-state index >= 15 is 0 Å². The van der Waals surface area contributed by atoms with Crippen molar-refractivity contribution in [3.63, 3.8) is 0 Å². The van der Waals surface area contributed by atoms with Crippen LogP contribution in [0.5, 0.6) is 0 Å². The SMILES string of the molecule is CN1CCN(CC/C(=N/O)c2ccc(CCc3ccccc3)cc2)CC1. The summed E-state index contributed by atoms with van der Waals surface area (Å²) in [7, 11) is 2.16. The van der Waals surface area contributed by atoms with Crippen LogP contribution in [0.4, 0.5) is 0 Å². The van der Waals surface area contributed by atoms with Gasteiger partial charge in [-0.15, -0.1) is 0 Å². The number of aryl methyl sites for hydroxylation is 2. The summed E-state index contributed by atoms with van der Waals surface area (Å²) in [4.78, 5) is 4.80. The zero-order valence-corrected chi connectivity index (χ0v) is 15.6. The molecule has 0 amide bonds. The van der Waals surface area contributed by atoms with Crippen molar-refractivity contribution >= 4 is 5.71 Å². The monoisotopic (exact) mass is 351 g/mol. The molecule has 2 aromatic rings. The molecule has 1 fully saturated rings. The Labute approximate surface area is 156 Å². The van der Waals surface area contributed by atoms with E-state index < -0.39 is 0 Å². The van der Waals surface area contributed by atoms with E-state index in [0.29, 0.717) is 0 Å². The molecular formula is C22H29N3O. The van der Waals surface area contributed by atoms with Crippen LogP contribution in [0.1, 0.15) is 23.1 Å². The summed E-state index contributed by atoms with van der Waals surface area (Å²) in [5.41, 5.74) is 4.47. The smallest absolute Gasteiger partial charge is 0.0880 e. The van der Waals surface area contributed by atoms with Crippen molar-refractivity contribution in [2.24, 2.45) is 5.16 Å². The molecule has 1 N–H and O–H groups in total. The van der Waals surface area contributed by atoms with Crippen molar-refractivity contribution in [3.8, 4) is 0 Å². The predicted molar refractivity (Wildman–Crippen MR) is 107 cm³/mol. The van der Waals surface area contributed by atoms with Gasteiger partial charge in [-0.05, 0) is 36.6 Å². The maximum absolute atomic E-state index is 9.43. The van der Waals surface area contributed by atoms with E-state index in [-0.39, 0.29) is 0 Å². The molecule has 2 aromatic carbocycles. The van der Waals surface area contributed by atoms with E-state index in [4.69, 9.17) is 0 Å². The Morgan fingerprint density at radius 2 is 1.50 bits per heavy atom. The van der Waals surface area contributed by atoms with Gasteiger partial charge in [-0.25, -0.2) is 0 Å². The molecule has 1 aliphatic heterocycles. The lowest BCUT2D eigenvalue weighted by atomic mass is 10.0. The molecule has 0 spiro atoms. The molecule has 0 radical (unpaired) electrons. The zero-order valence-electron chi connectivity index (χ0n) is 15.6. The second kappa shape index (κ2) is 9.51. The van der Waals surface area contributed by atoms with E-state index in [1.165, 1.54) is 11.1 Å². The van der Waals surface area contributed by atoms with Crippen LogP contribution in [0.3, 0.4) is 0 Å². The van der Waals surface area contributed by atoms with Gasteiger partial charge in [0.2, 0.25) is 0 Å². The molecule has 0 unspecified atom stereocenters. The van der Waals surface area contributed by atoms with Gasteiger partial charge in [0.05, 0.1) is 5.71 Å². The third-order valence-corrected chi connectivity index (χ3v) is 5.21. The highest BCUT2D eigenvalue weighted by molar-refractivity contribution is 6.00. The molecule has 1 aliphatic rings. The summed E-state index contributed by atoms with van der Waals surface area (Å²) in [6.45, 7) is 5.35. The van der Waals surface area contributed by atoms with Gasteiger partial charge in [0, 0.05) is 39.1 Å². The molecule has 0 aromatic heterocycles. The van der Waals surface area contributed by atoms with E-state index in [2.05, 4.69) is 76.6 Å². The number of benzene rings is 2. The van der Waals surface area contributed by atoms with Crippen LogP contribution >= 0.6 is 0 Å². The number of hydrogen-bond acceptors (Lipinski definition) is 4. The van der Waals surface area contributed by atoms with Crippen LogP contribution in [-0.4, -0.2) is 60.5 Å². The third-order valence-electron chi connectivity index (χ3n) is 5.21. The van der Waals surface area contributed by atoms with Crippen LogP contribution in [0.15, 0.2) is 59.8 Å². The lowest BCUT2D eigenvalue weighted by Crippen LogP contribution is -2.45. The van der Waals surface area contributed by atoms with Crippen LogP contribution < -0.4 is 0 Å². The average molecular weight is 351 g/mol. The predicted octanol–water partition coefficient (Wildman–Crippen LogP) is 3.29. The maximum atomic E-state index is 9.43. The van der Waals surface area contributed by atoms with Crippen LogP contribution in [0.25, 0.3) is 0 Å². The lowest BCUT2D eigenvalue weighted by Gasteiger charge is -2.32. The highest BCUT2D eigenvalue weighted by atomic mass is 16.4. The summed E-state index contributed by atoms with van der Waals surface area (Å²) >= 11 is 0. The van der Waals surface area contributed by atoms with E-state index in [1.54, 1.807) is 0 Å². The highest BCUT2D eigenvalue weighted by Gasteiger charge is 2.15. The molecule has 0 bridgehead atoms. The number of hydrogen-bond donors (Lipinski definition) is 1. The van der Waals surface area contributed by atoms with Crippen LogP contribution in [0, 0.1) is 0 Å². The molecule has 4 heteroatoms. The van der Waals surface area contributed by atoms with Gasteiger partial charge >= 0.3 is 0 Å². The summed E-state index contributed by atoms with van der Waals surface area (Å²) in [5.74, 6) is 0. The topological polar surface area (TPSA) is 39.1 Å². The molecule has 1 heterocycles. The first-order chi connectivity index (χ1) is 12.7. The number of nitrogens with zero attached hydrogens (tertiary/aromatic N) is 3. The highest BCUT2D eigenvalue weighted by Crippen LogP contribution is 2.12. The first kappa shape index (κ1) is 18.6. The fourth-order valence-electron chi connectivity index (χ4n) is 3.38. The molecule has 0 saturated carbocycles. The van der Waals surface area contributed by atoms with E-state index in [0.717, 1.165) is 63.3 Å².